The molecular weight excluding hydrogens is 238 g/mol. The number of nitrogens with zero attached hydrogens (tertiary/aromatic N) is 1. The number of hydrogen-bond acceptors (Lipinski definition) is 3. The Morgan fingerprint density at radius 3 is 2.53 bits per heavy atom. The molecule has 3 heteroatoms. The molecule has 0 saturated carbocycles. The lowest BCUT2D eigenvalue weighted by atomic mass is 9.92. The molecule has 0 bridgehead atoms. The Labute approximate surface area is 116 Å². The van der Waals surface area contributed by atoms with Crippen LogP contribution >= 0.6 is 0 Å². The summed E-state index contributed by atoms with van der Waals surface area (Å²) < 4.78 is 5.99. The van der Waals surface area contributed by atoms with E-state index in [0.29, 0.717) is 13.0 Å². The summed E-state index contributed by atoms with van der Waals surface area (Å²) in [6, 6.07) is 10.5. The number of hydrogen-bond donors (Lipinski definition) is 1. The van der Waals surface area contributed by atoms with Crippen LogP contribution in [0, 0.1) is 0 Å². The smallest absolute Gasteiger partial charge is 0.0803 e. The maximum Gasteiger partial charge on any atom is 0.0803 e. The predicted octanol–water partition coefficient (Wildman–Crippen LogP) is 2.44. The maximum absolute atomic E-state index is 9.19. The standard InChI is InChI=1S/C16H25NO2/c1-15(2)13-19-16(3,9-10-18)12-17(15)11-14-7-5-4-6-8-14/h4-8,18H,9-13H2,1-3H3. The molecule has 1 atom stereocenters. The molecule has 106 valence electrons. The number of rotatable bonds is 4. The summed E-state index contributed by atoms with van der Waals surface area (Å²) >= 11 is 0. The molecule has 1 aromatic carbocycles. The molecule has 1 aliphatic heterocycles. The van der Waals surface area contributed by atoms with Crippen LogP contribution in [0.25, 0.3) is 0 Å². The van der Waals surface area contributed by atoms with Gasteiger partial charge >= 0.3 is 0 Å². The van der Waals surface area contributed by atoms with Crippen LogP contribution in [-0.2, 0) is 11.3 Å². The molecule has 19 heavy (non-hydrogen) atoms. The number of morpholine rings is 1. The molecule has 2 rings (SSSR count). The van der Waals surface area contributed by atoms with Gasteiger partial charge in [-0.05, 0) is 26.3 Å². The first-order chi connectivity index (χ1) is 8.95. The quantitative estimate of drug-likeness (QED) is 0.905. The monoisotopic (exact) mass is 263 g/mol. The van der Waals surface area contributed by atoms with Crippen LogP contribution < -0.4 is 0 Å². The number of ether oxygens (including phenoxy) is 1. The zero-order valence-electron chi connectivity index (χ0n) is 12.2. The van der Waals surface area contributed by atoms with E-state index in [0.717, 1.165) is 13.1 Å². The van der Waals surface area contributed by atoms with Crippen molar-refractivity contribution in [3.63, 3.8) is 0 Å². The molecular formula is C16H25NO2. The van der Waals surface area contributed by atoms with Gasteiger partial charge in [0.2, 0.25) is 0 Å². The minimum absolute atomic E-state index is 0.0325. The lowest BCUT2D eigenvalue weighted by Gasteiger charge is -2.50. The van der Waals surface area contributed by atoms with Gasteiger partial charge < -0.3 is 9.84 Å². The second kappa shape index (κ2) is 5.61. The number of aliphatic hydroxyl groups excluding tert-OH is 1. The SMILES string of the molecule is CC1(CCO)CN(Cc2ccccc2)C(C)(C)CO1. The van der Waals surface area contributed by atoms with Gasteiger partial charge in [0.15, 0.2) is 0 Å². The molecule has 0 aromatic heterocycles. The van der Waals surface area contributed by atoms with Crippen molar-refractivity contribution in [1.29, 1.82) is 0 Å². The fraction of sp³-hybridized carbons (Fsp3) is 0.625. The van der Waals surface area contributed by atoms with E-state index in [9.17, 15) is 5.11 Å². The van der Waals surface area contributed by atoms with E-state index in [-0.39, 0.29) is 17.7 Å². The van der Waals surface area contributed by atoms with Gasteiger partial charge in [0.1, 0.15) is 0 Å². The van der Waals surface area contributed by atoms with Crippen LogP contribution in [0.3, 0.4) is 0 Å². The molecule has 1 N–H and O–H groups in total. The normalized spacial score (nSPS) is 27.4. The van der Waals surface area contributed by atoms with Crippen LogP contribution in [0.15, 0.2) is 30.3 Å². The van der Waals surface area contributed by atoms with Crippen molar-refractivity contribution in [2.75, 3.05) is 19.8 Å². The molecule has 1 heterocycles. The summed E-state index contributed by atoms with van der Waals surface area (Å²) in [4.78, 5) is 2.46. The fourth-order valence-corrected chi connectivity index (χ4v) is 2.57. The third-order valence-corrected chi connectivity index (χ3v) is 4.01. The lowest BCUT2D eigenvalue weighted by Crippen LogP contribution is -2.60. The van der Waals surface area contributed by atoms with Crippen molar-refractivity contribution in [2.45, 2.75) is 44.9 Å². The molecule has 1 aromatic rings. The van der Waals surface area contributed by atoms with Crippen LogP contribution in [0.2, 0.25) is 0 Å². The Kier molecular flexibility index (Phi) is 4.29. The van der Waals surface area contributed by atoms with Gasteiger partial charge in [0.05, 0.1) is 12.2 Å². The highest BCUT2D eigenvalue weighted by atomic mass is 16.5. The summed E-state index contributed by atoms with van der Waals surface area (Å²) in [6.07, 6.45) is 0.689. The van der Waals surface area contributed by atoms with Crippen LogP contribution in [0.1, 0.15) is 32.8 Å². The summed E-state index contributed by atoms with van der Waals surface area (Å²) in [5.74, 6) is 0. The zero-order valence-corrected chi connectivity index (χ0v) is 12.2. The predicted molar refractivity (Wildman–Crippen MR) is 77.0 cm³/mol. The first-order valence-electron chi connectivity index (χ1n) is 6.99. The largest absolute Gasteiger partial charge is 0.396 e. The Morgan fingerprint density at radius 1 is 1.21 bits per heavy atom. The van der Waals surface area contributed by atoms with Crippen LogP contribution in [-0.4, -0.2) is 40.9 Å². The zero-order chi connectivity index (χ0) is 13.9. The fourth-order valence-electron chi connectivity index (χ4n) is 2.57. The van der Waals surface area contributed by atoms with Gasteiger partial charge in [-0.1, -0.05) is 30.3 Å². The van der Waals surface area contributed by atoms with E-state index >= 15 is 0 Å². The Balaban J connectivity index is 2.11. The van der Waals surface area contributed by atoms with Crippen LogP contribution in [0.5, 0.6) is 0 Å². The summed E-state index contributed by atoms with van der Waals surface area (Å²) in [7, 11) is 0. The van der Waals surface area contributed by atoms with Gasteiger partial charge in [-0.3, -0.25) is 4.90 Å². The summed E-state index contributed by atoms with van der Waals surface area (Å²) in [5, 5.41) is 9.19. The van der Waals surface area contributed by atoms with Crippen LogP contribution in [0.4, 0.5) is 0 Å². The minimum Gasteiger partial charge on any atom is -0.396 e. The van der Waals surface area contributed by atoms with E-state index in [1.165, 1.54) is 5.56 Å². The Hall–Kier alpha value is -0.900. The molecule has 1 aliphatic rings. The molecule has 0 radical (unpaired) electrons. The number of benzene rings is 1. The van der Waals surface area contributed by atoms with E-state index in [2.05, 4.69) is 49.9 Å². The van der Waals surface area contributed by atoms with E-state index < -0.39 is 0 Å². The molecule has 0 amide bonds. The molecule has 0 spiro atoms. The molecule has 3 nitrogen and oxygen atoms in total. The first-order valence-corrected chi connectivity index (χ1v) is 6.99. The van der Waals surface area contributed by atoms with Gasteiger partial charge in [-0.15, -0.1) is 0 Å². The average Bonchev–Trinajstić information content (AvgIpc) is 2.36. The minimum atomic E-state index is -0.237. The van der Waals surface area contributed by atoms with Gasteiger partial charge in [0.25, 0.3) is 0 Å². The molecule has 1 saturated heterocycles. The maximum atomic E-state index is 9.19. The molecule has 1 unspecified atom stereocenters. The van der Waals surface area contributed by atoms with Crippen molar-refractivity contribution in [3.05, 3.63) is 35.9 Å². The van der Waals surface area contributed by atoms with Crippen molar-refractivity contribution in [1.82, 2.24) is 4.90 Å². The second-order valence-electron chi connectivity index (χ2n) is 6.37. The van der Waals surface area contributed by atoms with Crippen molar-refractivity contribution in [3.8, 4) is 0 Å². The van der Waals surface area contributed by atoms with Gasteiger partial charge in [-0.2, -0.15) is 0 Å². The highest BCUT2D eigenvalue weighted by Crippen LogP contribution is 2.31. The van der Waals surface area contributed by atoms with E-state index in [1.54, 1.807) is 0 Å². The van der Waals surface area contributed by atoms with Crippen molar-refractivity contribution >= 4 is 0 Å². The van der Waals surface area contributed by atoms with Gasteiger partial charge in [0, 0.05) is 31.7 Å². The Morgan fingerprint density at radius 2 is 1.89 bits per heavy atom. The molecule has 1 fully saturated rings. The van der Waals surface area contributed by atoms with Gasteiger partial charge in [-0.25, -0.2) is 0 Å². The second-order valence-corrected chi connectivity index (χ2v) is 6.37. The van der Waals surface area contributed by atoms with Crippen molar-refractivity contribution < 1.29 is 9.84 Å². The number of aliphatic hydroxyl groups is 1. The van der Waals surface area contributed by atoms with E-state index in [4.69, 9.17) is 4.74 Å². The third-order valence-electron chi connectivity index (χ3n) is 4.01. The summed E-state index contributed by atoms with van der Waals surface area (Å²) in [6.45, 7) is 9.19. The highest BCUT2D eigenvalue weighted by Gasteiger charge is 2.40. The summed E-state index contributed by atoms with van der Waals surface area (Å²) in [5.41, 5.74) is 1.12. The van der Waals surface area contributed by atoms with Crippen molar-refractivity contribution in [2.24, 2.45) is 0 Å². The third kappa shape index (κ3) is 3.56. The highest BCUT2D eigenvalue weighted by molar-refractivity contribution is 5.15. The van der Waals surface area contributed by atoms with E-state index in [1.807, 2.05) is 6.07 Å². The lowest BCUT2D eigenvalue weighted by molar-refractivity contribution is -0.161. The molecule has 0 aliphatic carbocycles. The Bertz CT molecular complexity index is 404. The topological polar surface area (TPSA) is 32.7 Å². The first kappa shape index (κ1) is 14.5. The average molecular weight is 263 g/mol.